The van der Waals surface area contributed by atoms with Crippen LogP contribution in [-0.4, -0.2) is 14.5 Å². The van der Waals surface area contributed by atoms with Crippen molar-refractivity contribution < 1.29 is 4.42 Å². The fourth-order valence-corrected chi connectivity index (χ4v) is 10.5. The summed E-state index contributed by atoms with van der Waals surface area (Å²) in [5.74, 6) is 0.573. The molecule has 13 rings (SSSR count). The van der Waals surface area contributed by atoms with Gasteiger partial charge in [0.1, 0.15) is 11.1 Å². The Kier molecular flexibility index (Phi) is 8.32. The molecule has 0 bridgehead atoms. The average molecular weight is 837 g/mol. The van der Waals surface area contributed by atoms with Crippen LogP contribution in [0, 0.1) is 0 Å². The molecule has 300 valence electrons. The van der Waals surface area contributed by atoms with Crippen LogP contribution in [0.5, 0.6) is 0 Å². The van der Waals surface area contributed by atoms with E-state index in [1.165, 1.54) is 31.3 Å². The Morgan fingerprint density at radius 3 is 1.66 bits per heavy atom. The molecule has 0 saturated heterocycles. The van der Waals surface area contributed by atoms with Crippen molar-refractivity contribution in [3.63, 3.8) is 0 Å². The van der Waals surface area contributed by atoms with Gasteiger partial charge in [0.25, 0.3) is 0 Å². The number of nitrogens with zero attached hydrogens (tertiary/aromatic N) is 4. The summed E-state index contributed by atoms with van der Waals surface area (Å²) in [6.45, 7) is 0. The molecule has 0 atom stereocenters. The summed E-state index contributed by atoms with van der Waals surface area (Å²) in [4.78, 5) is 13.1. The Labute approximate surface area is 372 Å². The quantitative estimate of drug-likeness (QED) is 0.160. The van der Waals surface area contributed by atoms with Gasteiger partial charge in [0.05, 0.1) is 16.9 Å². The molecule has 0 aliphatic heterocycles. The lowest BCUT2D eigenvalue weighted by Gasteiger charge is -2.26. The number of hydrogen-bond acceptors (Lipinski definition) is 5. The van der Waals surface area contributed by atoms with Crippen molar-refractivity contribution in [2.24, 2.45) is 0 Å². The van der Waals surface area contributed by atoms with Crippen molar-refractivity contribution in [3.8, 4) is 39.6 Å². The summed E-state index contributed by atoms with van der Waals surface area (Å²) in [5, 5.41) is 6.76. The number of rotatable bonds is 7. The van der Waals surface area contributed by atoms with E-state index in [9.17, 15) is 0 Å². The fourth-order valence-electron chi connectivity index (χ4n) is 9.40. The van der Waals surface area contributed by atoms with Crippen LogP contribution in [0.2, 0.25) is 0 Å². The lowest BCUT2D eigenvalue weighted by molar-refractivity contribution is 0.670. The standard InChI is InChI=1S/C58H36N4OS/c1-4-14-37(15-5-1)38-24-26-41(27-25-38)61(43-29-33-55-49(35-43)45-21-11-13-23-54(45)64-55)42-28-32-52-48(34-42)46-30-31-47-44-20-10-12-22-53(44)63-57(47)56(46)62(52)58-59-50(39-16-6-2-7-17-39)36-51(60-58)40-18-8-3-9-19-40/h1-36H. The largest absolute Gasteiger partial charge is 0.454 e. The number of para-hydroxylation sites is 1. The van der Waals surface area contributed by atoms with Gasteiger partial charge in [-0.2, -0.15) is 0 Å². The molecule has 0 aliphatic carbocycles. The zero-order chi connectivity index (χ0) is 42.1. The molecule has 13 aromatic rings. The van der Waals surface area contributed by atoms with E-state index in [1.807, 2.05) is 35.6 Å². The highest BCUT2D eigenvalue weighted by molar-refractivity contribution is 7.25. The monoisotopic (exact) mass is 836 g/mol. The summed E-state index contributed by atoms with van der Waals surface area (Å²) in [6, 6.07) is 77.3. The first-order valence-corrected chi connectivity index (χ1v) is 22.3. The van der Waals surface area contributed by atoms with E-state index in [1.54, 1.807) is 0 Å². The highest BCUT2D eigenvalue weighted by Gasteiger charge is 2.24. The Hall–Kier alpha value is -8.32. The third-order valence-electron chi connectivity index (χ3n) is 12.4. The minimum absolute atomic E-state index is 0.573. The second kappa shape index (κ2) is 14.7. The Balaban J connectivity index is 1.08. The number of thiophene rings is 1. The van der Waals surface area contributed by atoms with Gasteiger partial charge in [-0.1, -0.05) is 146 Å². The average Bonchev–Trinajstić information content (AvgIpc) is 4.04. The molecule has 0 amide bonds. The molecule has 0 fully saturated rings. The molecule has 5 nitrogen and oxygen atoms in total. The molecule has 0 aliphatic rings. The third-order valence-corrected chi connectivity index (χ3v) is 13.6. The molecule has 0 N–H and O–H groups in total. The first kappa shape index (κ1) is 36.3. The minimum Gasteiger partial charge on any atom is -0.454 e. The molecule has 4 heterocycles. The number of aromatic nitrogens is 3. The van der Waals surface area contributed by atoms with Crippen LogP contribution < -0.4 is 4.90 Å². The maximum Gasteiger partial charge on any atom is 0.235 e. The second-order valence-corrected chi connectivity index (χ2v) is 17.3. The third kappa shape index (κ3) is 5.92. The second-order valence-electron chi connectivity index (χ2n) is 16.2. The molecule has 6 heteroatoms. The van der Waals surface area contributed by atoms with E-state index in [-0.39, 0.29) is 0 Å². The zero-order valence-electron chi connectivity index (χ0n) is 34.4. The normalized spacial score (nSPS) is 11.8. The van der Waals surface area contributed by atoms with Crippen LogP contribution in [-0.2, 0) is 0 Å². The van der Waals surface area contributed by atoms with Crippen molar-refractivity contribution in [1.29, 1.82) is 0 Å². The van der Waals surface area contributed by atoms with Gasteiger partial charge >= 0.3 is 0 Å². The van der Waals surface area contributed by atoms with Crippen molar-refractivity contribution in [2.75, 3.05) is 4.90 Å². The van der Waals surface area contributed by atoms with Gasteiger partial charge in [0.15, 0.2) is 5.58 Å². The zero-order valence-corrected chi connectivity index (χ0v) is 35.2. The Bertz CT molecular complexity index is 3830. The highest BCUT2D eigenvalue weighted by atomic mass is 32.1. The number of fused-ring (bicyclic) bond motifs is 10. The summed E-state index contributed by atoms with van der Waals surface area (Å²) in [6.07, 6.45) is 0. The van der Waals surface area contributed by atoms with Crippen LogP contribution in [0.1, 0.15) is 0 Å². The van der Waals surface area contributed by atoms with Crippen molar-refractivity contribution >= 4 is 92.3 Å². The fraction of sp³-hybridized carbons (Fsp3) is 0. The van der Waals surface area contributed by atoms with E-state index in [4.69, 9.17) is 14.4 Å². The summed E-state index contributed by atoms with van der Waals surface area (Å²) in [7, 11) is 0. The van der Waals surface area contributed by atoms with E-state index in [0.29, 0.717) is 5.95 Å². The lowest BCUT2D eigenvalue weighted by atomic mass is 10.0. The maximum atomic E-state index is 6.83. The summed E-state index contributed by atoms with van der Waals surface area (Å²) in [5.41, 5.74) is 12.8. The van der Waals surface area contributed by atoms with Crippen LogP contribution in [0.25, 0.3) is 104 Å². The van der Waals surface area contributed by atoms with Gasteiger partial charge in [0, 0.05) is 69.9 Å². The molecule has 0 spiro atoms. The highest BCUT2D eigenvalue weighted by Crippen LogP contribution is 2.45. The first-order chi connectivity index (χ1) is 31.7. The van der Waals surface area contributed by atoms with Crippen molar-refractivity contribution in [1.82, 2.24) is 14.5 Å². The molecular weight excluding hydrogens is 801 g/mol. The minimum atomic E-state index is 0.573. The van der Waals surface area contributed by atoms with Crippen LogP contribution in [0.4, 0.5) is 17.1 Å². The summed E-state index contributed by atoms with van der Waals surface area (Å²) < 4.78 is 11.6. The van der Waals surface area contributed by atoms with Gasteiger partial charge in [-0.3, -0.25) is 4.57 Å². The van der Waals surface area contributed by atoms with E-state index in [2.05, 4.69) is 204 Å². The SMILES string of the molecule is c1ccc(-c2ccc(N(c3ccc4sc5ccccc5c4c3)c3ccc4c(c3)c3ccc5c6ccccc6oc5c3n4-c3nc(-c4ccccc4)cc(-c4ccccc4)n3)cc2)cc1. The molecule has 0 saturated carbocycles. The number of anilines is 3. The van der Waals surface area contributed by atoms with Crippen LogP contribution in [0.3, 0.4) is 0 Å². The van der Waals surface area contributed by atoms with Crippen LogP contribution >= 0.6 is 11.3 Å². The molecule has 0 radical (unpaired) electrons. The summed E-state index contributed by atoms with van der Waals surface area (Å²) >= 11 is 1.84. The van der Waals surface area contributed by atoms with Crippen molar-refractivity contribution in [3.05, 3.63) is 218 Å². The van der Waals surface area contributed by atoms with Gasteiger partial charge in [-0.15, -0.1) is 11.3 Å². The number of hydrogen-bond donors (Lipinski definition) is 0. The van der Waals surface area contributed by atoms with Gasteiger partial charge in [-0.25, -0.2) is 9.97 Å². The first-order valence-electron chi connectivity index (χ1n) is 21.5. The predicted octanol–water partition coefficient (Wildman–Crippen LogP) is 16.3. The van der Waals surface area contributed by atoms with E-state index in [0.717, 1.165) is 83.3 Å². The smallest absolute Gasteiger partial charge is 0.235 e. The number of benzene rings is 9. The molecular formula is C58H36N4OS. The van der Waals surface area contributed by atoms with Crippen molar-refractivity contribution in [2.45, 2.75) is 0 Å². The predicted molar refractivity (Wildman–Crippen MR) is 268 cm³/mol. The molecule has 9 aromatic carbocycles. The van der Waals surface area contributed by atoms with Crippen LogP contribution in [0.15, 0.2) is 223 Å². The lowest BCUT2D eigenvalue weighted by Crippen LogP contribution is -2.10. The van der Waals surface area contributed by atoms with Gasteiger partial charge in [-0.05, 0) is 83.9 Å². The molecule has 64 heavy (non-hydrogen) atoms. The van der Waals surface area contributed by atoms with E-state index >= 15 is 0 Å². The Morgan fingerprint density at radius 2 is 0.938 bits per heavy atom. The topological polar surface area (TPSA) is 47.1 Å². The molecule has 0 unspecified atom stereocenters. The van der Waals surface area contributed by atoms with Gasteiger partial charge in [0.2, 0.25) is 5.95 Å². The molecule has 4 aromatic heterocycles. The number of furan rings is 1. The van der Waals surface area contributed by atoms with Gasteiger partial charge < -0.3 is 9.32 Å². The van der Waals surface area contributed by atoms with E-state index < -0.39 is 0 Å². The maximum absolute atomic E-state index is 6.83. The Morgan fingerprint density at radius 1 is 0.391 bits per heavy atom.